The Hall–Kier alpha value is -3.56. The zero-order valence-corrected chi connectivity index (χ0v) is 20.3. The van der Waals surface area contributed by atoms with Gasteiger partial charge in [0.15, 0.2) is 0 Å². The Kier molecular flexibility index (Phi) is 6.12. The van der Waals surface area contributed by atoms with Gasteiger partial charge in [-0.15, -0.1) is 0 Å². The second-order valence-corrected chi connectivity index (χ2v) is 10.3. The number of rotatable bonds is 7. The average molecular weight is 495 g/mol. The van der Waals surface area contributed by atoms with Crippen LogP contribution in [-0.4, -0.2) is 34.6 Å². The first-order valence-electron chi connectivity index (χ1n) is 11.4. The fourth-order valence-corrected chi connectivity index (χ4v) is 6.07. The predicted molar refractivity (Wildman–Crippen MR) is 134 cm³/mol. The van der Waals surface area contributed by atoms with Gasteiger partial charge in [-0.2, -0.15) is 0 Å². The quantitative estimate of drug-likeness (QED) is 0.371. The monoisotopic (exact) mass is 494 g/mol. The molecule has 1 fully saturated rings. The number of carbonyl (C=O) groups excluding carboxylic acids is 1. The van der Waals surface area contributed by atoms with Crippen molar-refractivity contribution < 1.29 is 27.1 Å². The number of ether oxygens (including phenoxy) is 2. The van der Waals surface area contributed by atoms with Crippen LogP contribution in [0.5, 0.6) is 11.5 Å². The molecule has 182 valence electrons. The third-order valence-corrected chi connectivity index (χ3v) is 7.88. The Labute approximate surface area is 203 Å². The summed E-state index contributed by atoms with van der Waals surface area (Å²) in [4.78, 5) is 13.1. The van der Waals surface area contributed by atoms with Crippen LogP contribution < -0.4 is 19.5 Å². The van der Waals surface area contributed by atoms with Crippen molar-refractivity contribution in [2.45, 2.75) is 36.6 Å². The van der Waals surface area contributed by atoms with E-state index in [0.717, 1.165) is 42.0 Å². The maximum atomic E-state index is 13.2. The van der Waals surface area contributed by atoms with E-state index in [1.165, 1.54) is 32.4 Å². The zero-order valence-electron chi connectivity index (χ0n) is 19.5. The highest BCUT2D eigenvalue weighted by Gasteiger charge is 2.27. The molecule has 1 aliphatic rings. The lowest BCUT2D eigenvalue weighted by atomic mass is 10.1. The highest BCUT2D eigenvalue weighted by Crippen LogP contribution is 2.37. The summed E-state index contributed by atoms with van der Waals surface area (Å²) in [7, 11) is -0.947. The first-order valence-corrected chi connectivity index (χ1v) is 12.9. The molecule has 1 aromatic heterocycles. The zero-order chi connectivity index (χ0) is 24.6. The molecule has 8 nitrogen and oxygen atoms in total. The minimum Gasteiger partial charge on any atom is -0.495 e. The van der Waals surface area contributed by atoms with Gasteiger partial charge in [0.1, 0.15) is 27.6 Å². The molecule has 0 saturated heterocycles. The second kappa shape index (κ2) is 9.24. The van der Waals surface area contributed by atoms with Crippen LogP contribution in [0.4, 0.5) is 5.69 Å². The van der Waals surface area contributed by atoms with Crippen molar-refractivity contribution in [2.75, 3.05) is 19.5 Å². The summed E-state index contributed by atoms with van der Waals surface area (Å²) in [6.07, 6.45) is 3.58. The van der Waals surface area contributed by atoms with Crippen molar-refractivity contribution in [2.24, 2.45) is 0 Å². The van der Waals surface area contributed by atoms with Crippen molar-refractivity contribution in [3.63, 3.8) is 0 Å². The number of amides is 1. The van der Waals surface area contributed by atoms with Crippen molar-refractivity contribution >= 4 is 43.6 Å². The Morgan fingerprint density at radius 1 is 0.914 bits per heavy atom. The number of anilines is 1. The molecule has 1 aliphatic carbocycles. The van der Waals surface area contributed by atoms with E-state index in [1.807, 2.05) is 30.3 Å². The SMILES string of the molecule is COc1cc2c(cc1NC(=O)c1ccc(OC)c(S(=O)(=O)NC3CCCC3)c1)oc1ccccc12. The summed E-state index contributed by atoms with van der Waals surface area (Å²) in [5.41, 5.74) is 1.91. The van der Waals surface area contributed by atoms with Gasteiger partial charge in [0.25, 0.3) is 5.91 Å². The molecule has 0 spiro atoms. The van der Waals surface area contributed by atoms with Crippen molar-refractivity contribution in [3.8, 4) is 11.5 Å². The number of furan rings is 1. The third kappa shape index (κ3) is 4.44. The van der Waals surface area contributed by atoms with E-state index in [1.54, 1.807) is 6.07 Å². The van der Waals surface area contributed by atoms with Gasteiger partial charge >= 0.3 is 0 Å². The molecule has 4 aromatic rings. The molecule has 1 amide bonds. The van der Waals surface area contributed by atoms with E-state index in [-0.39, 0.29) is 22.3 Å². The molecule has 1 heterocycles. The number of nitrogens with one attached hydrogen (secondary N) is 2. The van der Waals surface area contributed by atoms with Crippen molar-refractivity contribution in [1.29, 1.82) is 0 Å². The number of para-hydroxylation sites is 1. The first-order chi connectivity index (χ1) is 16.9. The molecular formula is C26H26N2O6S. The number of benzene rings is 3. The highest BCUT2D eigenvalue weighted by molar-refractivity contribution is 7.89. The van der Waals surface area contributed by atoms with E-state index in [9.17, 15) is 13.2 Å². The van der Waals surface area contributed by atoms with Gasteiger partial charge in [0.05, 0.1) is 19.9 Å². The minimum atomic E-state index is -3.87. The summed E-state index contributed by atoms with van der Waals surface area (Å²) in [6, 6.07) is 15.4. The molecule has 0 atom stereocenters. The van der Waals surface area contributed by atoms with Crippen LogP contribution in [0.1, 0.15) is 36.0 Å². The molecule has 35 heavy (non-hydrogen) atoms. The Bertz CT molecular complexity index is 1520. The van der Waals surface area contributed by atoms with Gasteiger partial charge in [-0.05, 0) is 43.2 Å². The van der Waals surface area contributed by atoms with Gasteiger partial charge in [0, 0.05) is 28.4 Å². The Morgan fingerprint density at radius 3 is 2.40 bits per heavy atom. The molecule has 2 N–H and O–H groups in total. The van der Waals surface area contributed by atoms with Crippen LogP contribution >= 0.6 is 0 Å². The van der Waals surface area contributed by atoms with Crippen LogP contribution in [0.25, 0.3) is 21.9 Å². The fourth-order valence-electron chi connectivity index (χ4n) is 4.57. The van der Waals surface area contributed by atoms with Crippen molar-refractivity contribution in [1.82, 2.24) is 4.72 Å². The van der Waals surface area contributed by atoms with Gasteiger partial charge in [0.2, 0.25) is 10.0 Å². The summed E-state index contributed by atoms with van der Waals surface area (Å²) >= 11 is 0. The number of sulfonamides is 1. The average Bonchev–Trinajstić information content (AvgIpc) is 3.49. The normalized spacial score (nSPS) is 14.5. The predicted octanol–water partition coefficient (Wildman–Crippen LogP) is 5.08. The number of hydrogen-bond acceptors (Lipinski definition) is 6. The molecule has 0 unspecified atom stereocenters. The Morgan fingerprint density at radius 2 is 1.66 bits per heavy atom. The molecule has 3 aromatic carbocycles. The molecular weight excluding hydrogens is 468 g/mol. The van der Waals surface area contributed by atoms with Gasteiger partial charge < -0.3 is 19.2 Å². The van der Waals surface area contributed by atoms with E-state index < -0.39 is 15.9 Å². The van der Waals surface area contributed by atoms with E-state index in [2.05, 4.69) is 10.0 Å². The first kappa shape index (κ1) is 23.2. The molecule has 0 radical (unpaired) electrons. The van der Waals surface area contributed by atoms with Crippen LogP contribution in [0.3, 0.4) is 0 Å². The van der Waals surface area contributed by atoms with Gasteiger partial charge in [-0.3, -0.25) is 4.79 Å². The maximum Gasteiger partial charge on any atom is 0.255 e. The standard InChI is InChI=1S/C26H26N2O6S/c1-32-22-12-11-16(13-25(22)35(30,31)28-17-7-3-4-8-17)26(29)27-20-15-23-19(14-24(20)33-2)18-9-5-6-10-21(18)34-23/h5-6,9-15,17,28H,3-4,7-8H2,1-2H3,(H,27,29). The molecule has 0 bridgehead atoms. The van der Waals surface area contributed by atoms with Crippen LogP contribution in [0.15, 0.2) is 63.9 Å². The minimum absolute atomic E-state index is 0.0701. The van der Waals surface area contributed by atoms with Gasteiger partial charge in [-0.25, -0.2) is 13.1 Å². The molecule has 1 saturated carbocycles. The largest absolute Gasteiger partial charge is 0.495 e. The lowest BCUT2D eigenvalue weighted by molar-refractivity contribution is 0.102. The highest BCUT2D eigenvalue weighted by atomic mass is 32.2. The van der Waals surface area contributed by atoms with Gasteiger partial charge in [-0.1, -0.05) is 31.0 Å². The number of fused-ring (bicyclic) bond motifs is 3. The van der Waals surface area contributed by atoms with E-state index in [4.69, 9.17) is 13.9 Å². The lowest BCUT2D eigenvalue weighted by Crippen LogP contribution is -2.33. The lowest BCUT2D eigenvalue weighted by Gasteiger charge is -2.16. The fraction of sp³-hybridized carbons (Fsp3) is 0.269. The van der Waals surface area contributed by atoms with Crippen LogP contribution in [0.2, 0.25) is 0 Å². The third-order valence-electron chi connectivity index (χ3n) is 6.34. The smallest absolute Gasteiger partial charge is 0.255 e. The Balaban J connectivity index is 1.47. The number of hydrogen-bond donors (Lipinski definition) is 2. The molecule has 9 heteroatoms. The molecule has 0 aliphatic heterocycles. The summed E-state index contributed by atoms with van der Waals surface area (Å²) < 4.78 is 45.6. The molecule has 5 rings (SSSR count). The van der Waals surface area contributed by atoms with Crippen LogP contribution in [0, 0.1) is 0 Å². The number of methoxy groups -OCH3 is 2. The topological polar surface area (TPSA) is 107 Å². The van der Waals surface area contributed by atoms with E-state index in [0.29, 0.717) is 17.0 Å². The van der Waals surface area contributed by atoms with Crippen LogP contribution in [-0.2, 0) is 10.0 Å². The summed E-state index contributed by atoms with van der Waals surface area (Å²) in [6.45, 7) is 0. The summed E-state index contributed by atoms with van der Waals surface area (Å²) in [5, 5.41) is 4.63. The number of carbonyl (C=O) groups is 1. The van der Waals surface area contributed by atoms with Crippen molar-refractivity contribution in [3.05, 3.63) is 60.2 Å². The maximum absolute atomic E-state index is 13.2. The van der Waals surface area contributed by atoms with E-state index >= 15 is 0 Å². The summed E-state index contributed by atoms with van der Waals surface area (Å²) in [5.74, 6) is 0.147. The second-order valence-electron chi connectivity index (χ2n) is 8.57.